The molecule has 0 aliphatic carbocycles. The fourth-order valence-electron chi connectivity index (χ4n) is 3.20. The van der Waals surface area contributed by atoms with E-state index in [9.17, 15) is 14.7 Å². The fraction of sp³-hybridized carbons (Fsp3) is 0.238. The van der Waals surface area contributed by atoms with Gasteiger partial charge in [-0.05, 0) is 36.3 Å². The van der Waals surface area contributed by atoms with Crippen LogP contribution in [0.1, 0.15) is 30.9 Å². The summed E-state index contributed by atoms with van der Waals surface area (Å²) in [4.78, 5) is 26.9. The van der Waals surface area contributed by atoms with Gasteiger partial charge in [0.2, 0.25) is 0 Å². The third-order valence-corrected chi connectivity index (χ3v) is 4.93. The molecule has 5 heteroatoms. The van der Waals surface area contributed by atoms with Crippen molar-refractivity contribution in [1.29, 1.82) is 0 Å². The summed E-state index contributed by atoms with van der Waals surface area (Å²) in [6.45, 7) is 2.47. The van der Waals surface area contributed by atoms with E-state index >= 15 is 0 Å². The van der Waals surface area contributed by atoms with Gasteiger partial charge in [-0.2, -0.15) is 0 Å². The van der Waals surface area contributed by atoms with E-state index in [-0.39, 0.29) is 12.2 Å². The molecule has 0 aromatic heterocycles. The number of nitrogens with zero attached hydrogens (tertiary/aromatic N) is 1. The number of hydrogen-bond acceptors (Lipinski definition) is 3. The van der Waals surface area contributed by atoms with Gasteiger partial charge in [-0.3, -0.25) is 9.59 Å². The maximum Gasteiger partial charge on any atom is 0.264 e. The number of benzene rings is 2. The minimum absolute atomic E-state index is 0.279. The molecule has 0 saturated carbocycles. The Kier molecular flexibility index (Phi) is 5.39. The Balaban J connectivity index is 1.88. The Morgan fingerprint density at radius 1 is 1.23 bits per heavy atom. The summed E-state index contributed by atoms with van der Waals surface area (Å²) in [6.07, 6.45) is 3.59. The van der Waals surface area contributed by atoms with Gasteiger partial charge in [-0.25, -0.2) is 0 Å². The van der Waals surface area contributed by atoms with Crippen LogP contribution in [0.2, 0.25) is 0 Å². The number of carbonyl (C=O) groups excluding carboxylic acids is 2. The van der Waals surface area contributed by atoms with Gasteiger partial charge in [-0.15, -0.1) is 0 Å². The van der Waals surface area contributed by atoms with Crippen molar-refractivity contribution in [2.45, 2.75) is 25.4 Å². The Bertz CT molecular complexity index is 863. The summed E-state index contributed by atoms with van der Waals surface area (Å²) in [6, 6.07) is 14.8. The largest absolute Gasteiger partial charge is 0.375 e. The molecule has 2 aromatic carbocycles. The minimum atomic E-state index is -1.83. The van der Waals surface area contributed by atoms with Crippen LogP contribution < -0.4 is 4.90 Å². The molecule has 1 unspecified atom stereocenters. The lowest BCUT2D eigenvalue weighted by molar-refractivity contribution is -0.140. The van der Waals surface area contributed by atoms with Crippen LogP contribution >= 0.6 is 15.9 Å². The van der Waals surface area contributed by atoms with E-state index in [1.165, 1.54) is 6.08 Å². The minimum Gasteiger partial charge on any atom is -0.375 e. The molecular formula is C21H20BrNO3. The molecule has 1 aliphatic rings. The summed E-state index contributed by atoms with van der Waals surface area (Å²) < 4.78 is 0.758. The van der Waals surface area contributed by atoms with Crippen LogP contribution in [-0.4, -0.2) is 23.3 Å². The predicted octanol–water partition coefficient (Wildman–Crippen LogP) is 4.07. The standard InChI is InChI=1S/C21H20BrNO3/c1-2-12-23-19-11-9-16(22)13-18(19)21(26,20(23)25)14-17(24)10-8-15-6-4-3-5-7-15/h3-11,13,26H,2,12,14H2,1H3/b10-8+. The zero-order valence-corrected chi connectivity index (χ0v) is 16.1. The Labute approximate surface area is 161 Å². The molecule has 1 N–H and O–H groups in total. The maximum atomic E-state index is 12.9. The molecule has 4 nitrogen and oxygen atoms in total. The molecular weight excluding hydrogens is 394 g/mol. The number of amides is 1. The van der Waals surface area contributed by atoms with Gasteiger partial charge in [0.15, 0.2) is 11.4 Å². The number of ketones is 1. The van der Waals surface area contributed by atoms with Crippen molar-refractivity contribution in [2.75, 3.05) is 11.4 Å². The summed E-state index contributed by atoms with van der Waals surface area (Å²) >= 11 is 3.38. The van der Waals surface area contributed by atoms with Gasteiger partial charge < -0.3 is 10.0 Å². The van der Waals surface area contributed by atoms with Crippen molar-refractivity contribution in [2.24, 2.45) is 0 Å². The number of fused-ring (bicyclic) bond motifs is 1. The number of aliphatic hydroxyl groups is 1. The van der Waals surface area contributed by atoms with E-state index < -0.39 is 11.5 Å². The van der Waals surface area contributed by atoms with Crippen molar-refractivity contribution < 1.29 is 14.7 Å². The molecule has 26 heavy (non-hydrogen) atoms. The second kappa shape index (κ2) is 7.56. The van der Waals surface area contributed by atoms with Crippen LogP contribution in [0.3, 0.4) is 0 Å². The van der Waals surface area contributed by atoms with Crippen molar-refractivity contribution in [1.82, 2.24) is 0 Å². The lowest BCUT2D eigenvalue weighted by Gasteiger charge is -2.22. The van der Waals surface area contributed by atoms with Crippen molar-refractivity contribution in [3.05, 3.63) is 70.2 Å². The van der Waals surface area contributed by atoms with E-state index in [0.717, 1.165) is 16.5 Å². The first-order valence-corrected chi connectivity index (χ1v) is 9.35. The monoisotopic (exact) mass is 413 g/mol. The number of halogens is 1. The lowest BCUT2D eigenvalue weighted by atomic mass is 9.89. The highest BCUT2D eigenvalue weighted by atomic mass is 79.9. The highest BCUT2D eigenvalue weighted by Crippen LogP contribution is 2.43. The molecule has 0 spiro atoms. The van der Waals surface area contributed by atoms with Gasteiger partial charge in [0, 0.05) is 16.6 Å². The Morgan fingerprint density at radius 3 is 2.65 bits per heavy atom. The van der Waals surface area contributed by atoms with Crippen LogP contribution in [0.5, 0.6) is 0 Å². The van der Waals surface area contributed by atoms with E-state index in [1.807, 2.05) is 43.3 Å². The molecule has 1 aliphatic heterocycles. The number of carbonyl (C=O) groups is 2. The molecule has 0 saturated heterocycles. The van der Waals surface area contributed by atoms with Crippen LogP contribution in [0.25, 0.3) is 6.08 Å². The second-order valence-corrected chi connectivity index (χ2v) is 7.28. The summed E-state index contributed by atoms with van der Waals surface area (Å²) in [5.74, 6) is -0.733. The third kappa shape index (κ3) is 3.50. The summed E-state index contributed by atoms with van der Waals surface area (Å²) in [5.41, 5.74) is 0.211. The molecule has 1 heterocycles. The zero-order valence-electron chi connectivity index (χ0n) is 14.5. The van der Waals surface area contributed by atoms with Crippen LogP contribution in [0, 0.1) is 0 Å². The highest BCUT2D eigenvalue weighted by Gasteiger charge is 2.50. The smallest absolute Gasteiger partial charge is 0.264 e. The molecule has 0 radical (unpaired) electrons. The van der Waals surface area contributed by atoms with Gasteiger partial charge >= 0.3 is 0 Å². The van der Waals surface area contributed by atoms with Crippen LogP contribution in [0.4, 0.5) is 5.69 Å². The highest BCUT2D eigenvalue weighted by molar-refractivity contribution is 9.10. The van der Waals surface area contributed by atoms with Crippen LogP contribution in [0.15, 0.2) is 59.1 Å². The molecule has 0 bridgehead atoms. The Hall–Kier alpha value is -2.24. The first-order valence-electron chi connectivity index (χ1n) is 8.56. The zero-order chi connectivity index (χ0) is 18.7. The quantitative estimate of drug-likeness (QED) is 0.726. The van der Waals surface area contributed by atoms with Gasteiger partial charge in [0.1, 0.15) is 0 Å². The number of anilines is 1. The molecule has 3 rings (SSSR count). The van der Waals surface area contributed by atoms with Crippen LogP contribution in [-0.2, 0) is 15.2 Å². The first kappa shape index (κ1) is 18.5. The summed E-state index contributed by atoms with van der Waals surface area (Å²) in [7, 11) is 0. The van der Waals surface area contributed by atoms with E-state index in [0.29, 0.717) is 17.8 Å². The molecule has 0 fully saturated rings. The average molecular weight is 414 g/mol. The lowest BCUT2D eigenvalue weighted by Crippen LogP contribution is -2.41. The molecule has 134 valence electrons. The van der Waals surface area contributed by atoms with E-state index in [2.05, 4.69) is 15.9 Å². The van der Waals surface area contributed by atoms with E-state index in [4.69, 9.17) is 0 Å². The van der Waals surface area contributed by atoms with Crippen molar-refractivity contribution >= 4 is 39.4 Å². The predicted molar refractivity (Wildman–Crippen MR) is 106 cm³/mol. The Morgan fingerprint density at radius 2 is 1.96 bits per heavy atom. The van der Waals surface area contributed by atoms with E-state index in [1.54, 1.807) is 23.1 Å². The van der Waals surface area contributed by atoms with Gasteiger partial charge in [0.25, 0.3) is 5.91 Å². The maximum absolute atomic E-state index is 12.9. The molecule has 1 atom stereocenters. The third-order valence-electron chi connectivity index (χ3n) is 4.43. The topological polar surface area (TPSA) is 57.6 Å². The normalized spacial score (nSPS) is 19.2. The van der Waals surface area contributed by atoms with Crippen molar-refractivity contribution in [3.63, 3.8) is 0 Å². The molecule has 2 aromatic rings. The number of rotatable bonds is 6. The first-order chi connectivity index (χ1) is 12.5. The van der Waals surface area contributed by atoms with Crippen molar-refractivity contribution in [3.8, 4) is 0 Å². The summed E-state index contributed by atoms with van der Waals surface area (Å²) in [5, 5.41) is 11.1. The second-order valence-electron chi connectivity index (χ2n) is 6.37. The molecule has 1 amide bonds. The number of hydrogen-bond donors (Lipinski definition) is 1. The number of allylic oxidation sites excluding steroid dienone is 1. The van der Waals surface area contributed by atoms with Gasteiger partial charge in [0.05, 0.1) is 12.1 Å². The SMILES string of the molecule is CCCN1C(=O)C(O)(CC(=O)/C=C/c2ccccc2)c2cc(Br)ccc21. The van der Waals surface area contributed by atoms with Gasteiger partial charge in [-0.1, -0.05) is 59.3 Å². The fourth-order valence-corrected chi connectivity index (χ4v) is 3.56. The average Bonchev–Trinajstić information content (AvgIpc) is 2.83.